The molecule has 1 aliphatic rings. The van der Waals surface area contributed by atoms with E-state index >= 15 is 0 Å². The van der Waals surface area contributed by atoms with Crippen molar-refractivity contribution in [2.45, 2.75) is 6.54 Å². The van der Waals surface area contributed by atoms with E-state index in [4.69, 9.17) is 16.0 Å². The molecule has 0 amide bonds. The molecule has 0 spiro atoms. The van der Waals surface area contributed by atoms with E-state index < -0.39 is 0 Å². The number of rotatable bonds is 3. The van der Waals surface area contributed by atoms with Gasteiger partial charge < -0.3 is 9.73 Å². The second-order valence-corrected chi connectivity index (χ2v) is 5.10. The molecule has 4 rings (SSSR count). The van der Waals surface area contributed by atoms with Gasteiger partial charge in [-0.05, 0) is 12.1 Å². The highest BCUT2D eigenvalue weighted by Gasteiger charge is 2.17. The molecule has 1 aliphatic heterocycles. The fraction of sp³-hybridized carbons (Fsp3) is 0.214. The Morgan fingerprint density at radius 2 is 2.33 bits per heavy atom. The first-order valence-corrected chi connectivity index (χ1v) is 7.03. The molecule has 0 saturated carbocycles. The minimum atomic E-state index is 0.469. The van der Waals surface area contributed by atoms with Gasteiger partial charge in [-0.15, -0.1) is 0 Å². The van der Waals surface area contributed by atoms with Crippen LogP contribution in [0.5, 0.6) is 0 Å². The first-order valence-electron chi connectivity index (χ1n) is 6.65. The van der Waals surface area contributed by atoms with Gasteiger partial charge in [-0.2, -0.15) is 5.10 Å². The maximum Gasteiger partial charge on any atom is 0.228 e. The largest absolute Gasteiger partial charge is 0.444 e. The van der Waals surface area contributed by atoms with E-state index in [0.29, 0.717) is 17.6 Å². The molecule has 1 aromatic carbocycles. The molecule has 3 aromatic rings. The number of fused-ring (bicyclic) bond motifs is 1. The number of halogens is 1. The fourth-order valence-electron chi connectivity index (χ4n) is 2.54. The van der Waals surface area contributed by atoms with Crippen LogP contribution in [0, 0.1) is 0 Å². The summed E-state index contributed by atoms with van der Waals surface area (Å²) in [5, 5.41) is 9.01. The first kappa shape index (κ1) is 12.4. The number of nitrogens with zero attached hydrogens (tertiary/aromatic N) is 4. The van der Waals surface area contributed by atoms with Crippen LogP contribution in [-0.4, -0.2) is 33.7 Å². The topological polar surface area (TPSA) is 68.2 Å². The standard InChI is InChI=1S/C14H12ClN5O/c15-13-9-2-1-3-10(14-18-6-7-21-14)12(9)20(19-13)8-11-16-4-5-17-11/h1-3,6-7H,4-5,8H2,(H,16,17). The van der Waals surface area contributed by atoms with Gasteiger partial charge >= 0.3 is 0 Å². The second-order valence-electron chi connectivity index (χ2n) is 4.74. The molecule has 106 valence electrons. The third kappa shape index (κ3) is 2.08. The molecular formula is C14H12ClN5O. The number of hydrogen-bond donors (Lipinski definition) is 1. The van der Waals surface area contributed by atoms with Crippen LogP contribution in [0.1, 0.15) is 0 Å². The lowest BCUT2D eigenvalue weighted by Crippen LogP contribution is -2.24. The van der Waals surface area contributed by atoms with Crippen molar-refractivity contribution < 1.29 is 4.42 Å². The predicted octanol–water partition coefficient (Wildman–Crippen LogP) is 2.35. The molecular weight excluding hydrogens is 290 g/mol. The summed E-state index contributed by atoms with van der Waals surface area (Å²) in [5.41, 5.74) is 1.77. The van der Waals surface area contributed by atoms with E-state index in [0.717, 1.165) is 35.4 Å². The van der Waals surface area contributed by atoms with Gasteiger partial charge in [0, 0.05) is 11.9 Å². The highest BCUT2D eigenvalue weighted by molar-refractivity contribution is 6.34. The van der Waals surface area contributed by atoms with Crippen molar-refractivity contribution in [3.05, 3.63) is 35.8 Å². The van der Waals surface area contributed by atoms with E-state index in [1.54, 1.807) is 12.5 Å². The highest BCUT2D eigenvalue weighted by atomic mass is 35.5. The molecule has 0 unspecified atom stereocenters. The van der Waals surface area contributed by atoms with E-state index in [9.17, 15) is 0 Å². The number of hydrogen-bond acceptors (Lipinski definition) is 5. The Morgan fingerprint density at radius 3 is 3.10 bits per heavy atom. The molecule has 0 radical (unpaired) electrons. The number of aromatic nitrogens is 3. The van der Waals surface area contributed by atoms with Crippen LogP contribution >= 0.6 is 11.6 Å². The fourth-order valence-corrected chi connectivity index (χ4v) is 2.78. The molecule has 0 aliphatic carbocycles. The number of para-hydroxylation sites is 1. The minimum absolute atomic E-state index is 0.469. The Labute approximate surface area is 125 Å². The lowest BCUT2D eigenvalue weighted by Gasteiger charge is -2.06. The zero-order valence-corrected chi connectivity index (χ0v) is 11.8. The van der Waals surface area contributed by atoms with Gasteiger partial charge in [-0.25, -0.2) is 4.98 Å². The van der Waals surface area contributed by atoms with Gasteiger partial charge in [0.05, 0.1) is 30.4 Å². The van der Waals surface area contributed by atoms with Crippen molar-refractivity contribution in [3.8, 4) is 11.5 Å². The van der Waals surface area contributed by atoms with Gasteiger partial charge in [0.2, 0.25) is 5.89 Å². The van der Waals surface area contributed by atoms with Crippen molar-refractivity contribution in [2.24, 2.45) is 4.99 Å². The van der Waals surface area contributed by atoms with Gasteiger partial charge in [-0.1, -0.05) is 17.7 Å². The smallest absolute Gasteiger partial charge is 0.228 e. The number of oxazole rings is 1. The van der Waals surface area contributed by atoms with Crippen LogP contribution in [0.2, 0.25) is 5.15 Å². The van der Waals surface area contributed by atoms with Gasteiger partial charge in [0.25, 0.3) is 0 Å². The molecule has 6 nitrogen and oxygen atoms in total. The minimum Gasteiger partial charge on any atom is -0.444 e. The highest BCUT2D eigenvalue weighted by Crippen LogP contribution is 2.31. The molecule has 0 bridgehead atoms. The quantitative estimate of drug-likeness (QED) is 0.806. The Kier molecular flexibility index (Phi) is 2.89. The summed E-state index contributed by atoms with van der Waals surface area (Å²) in [6.07, 6.45) is 3.18. The summed E-state index contributed by atoms with van der Waals surface area (Å²) in [6.45, 7) is 2.23. The van der Waals surface area contributed by atoms with E-state index in [2.05, 4.69) is 20.4 Å². The number of nitrogens with one attached hydrogen (secondary N) is 1. The summed E-state index contributed by atoms with van der Waals surface area (Å²) < 4.78 is 7.26. The molecule has 0 atom stereocenters. The summed E-state index contributed by atoms with van der Waals surface area (Å²) in [5.74, 6) is 1.47. The van der Waals surface area contributed by atoms with Gasteiger partial charge in [0.1, 0.15) is 12.1 Å². The molecule has 0 saturated heterocycles. The van der Waals surface area contributed by atoms with Crippen molar-refractivity contribution in [3.63, 3.8) is 0 Å². The van der Waals surface area contributed by atoms with Crippen LogP contribution in [0.15, 0.2) is 40.1 Å². The molecule has 3 heterocycles. The van der Waals surface area contributed by atoms with Gasteiger partial charge in [-0.3, -0.25) is 9.67 Å². The Morgan fingerprint density at radius 1 is 1.38 bits per heavy atom. The third-order valence-electron chi connectivity index (χ3n) is 3.43. The molecule has 0 fully saturated rings. The second kappa shape index (κ2) is 4.89. The Balaban J connectivity index is 1.90. The van der Waals surface area contributed by atoms with Crippen LogP contribution in [0.3, 0.4) is 0 Å². The van der Waals surface area contributed by atoms with Crippen molar-refractivity contribution in [2.75, 3.05) is 13.1 Å². The third-order valence-corrected chi connectivity index (χ3v) is 3.71. The lowest BCUT2D eigenvalue weighted by molar-refractivity contribution is 0.574. The summed E-state index contributed by atoms with van der Waals surface area (Å²) >= 11 is 6.25. The summed E-state index contributed by atoms with van der Waals surface area (Å²) in [7, 11) is 0. The maximum atomic E-state index is 6.25. The van der Waals surface area contributed by atoms with Crippen molar-refractivity contribution >= 4 is 28.3 Å². The summed E-state index contributed by atoms with van der Waals surface area (Å²) in [4.78, 5) is 8.62. The van der Waals surface area contributed by atoms with Crippen LogP contribution in [0.4, 0.5) is 0 Å². The number of amidine groups is 1. The van der Waals surface area contributed by atoms with Crippen LogP contribution in [-0.2, 0) is 6.54 Å². The molecule has 1 N–H and O–H groups in total. The normalized spacial score (nSPS) is 14.4. The zero-order valence-electron chi connectivity index (χ0n) is 11.1. The van der Waals surface area contributed by atoms with Crippen molar-refractivity contribution in [1.29, 1.82) is 0 Å². The average molecular weight is 302 g/mol. The monoisotopic (exact) mass is 301 g/mol. The Hall–Kier alpha value is -2.34. The SMILES string of the molecule is Clc1nn(CC2=NCCN2)c2c(-c3ncco3)cccc12. The maximum absolute atomic E-state index is 6.25. The molecule has 2 aromatic heterocycles. The lowest BCUT2D eigenvalue weighted by atomic mass is 10.1. The number of aliphatic imine (C=N–C) groups is 1. The van der Waals surface area contributed by atoms with Crippen LogP contribution < -0.4 is 5.32 Å². The van der Waals surface area contributed by atoms with Crippen molar-refractivity contribution in [1.82, 2.24) is 20.1 Å². The molecule has 7 heteroatoms. The number of benzene rings is 1. The predicted molar refractivity (Wildman–Crippen MR) is 80.5 cm³/mol. The van der Waals surface area contributed by atoms with E-state index in [1.807, 2.05) is 22.9 Å². The Bertz CT molecular complexity index is 821. The molecule has 21 heavy (non-hydrogen) atoms. The van der Waals surface area contributed by atoms with Gasteiger partial charge in [0.15, 0.2) is 5.15 Å². The first-order chi connectivity index (χ1) is 10.3. The van der Waals surface area contributed by atoms with Crippen LogP contribution in [0.25, 0.3) is 22.4 Å². The average Bonchev–Trinajstić information content (AvgIpc) is 3.22. The van der Waals surface area contributed by atoms with E-state index in [-0.39, 0.29) is 0 Å². The van der Waals surface area contributed by atoms with E-state index in [1.165, 1.54) is 0 Å². The zero-order chi connectivity index (χ0) is 14.2. The summed E-state index contributed by atoms with van der Waals surface area (Å²) in [6, 6.07) is 5.81.